The molecule has 3 unspecified atom stereocenters. The van der Waals surface area contributed by atoms with Crippen molar-refractivity contribution in [3.63, 3.8) is 0 Å². The molecule has 0 radical (unpaired) electrons. The van der Waals surface area contributed by atoms with Gasteiger partial charge in [-0.1, -0.05) is 250 Å². The minimum atomic E-state index is -0.793. The first kappa shape index (κ1) is 59.1. The molecule has 0 aliphatic carbocycles. The standard InChI is InChI=1S/C55H103NO5/c1-4-7-10-13-16-19-22-24-26-28-30-32-34-37-40-43-46-51(49-54(59)56-52(50-57)53(58)47-44-41-38-35-21-18-15-12-9-6-3)61-55(60)48-45-42-39-36-33-31-29-27-25-23-20-17-14-11-8-5-2/h22,24,26,28,30,32,51-53,57-58H,4-21,23,25,27,29,31,33-50H2,1-3H3,(H,56,59)/b24-22+,28-26+,32-30+. The van der Waals surface area contributed by atoms with Gasteiger partial charge in [0, 0.05) is 6.42 Å². The van der Waals surface area contributed by atoms with Crippen molar-refractivity contribution in [2.75, 3.05) is 6.61 Å². The highest BCUT2D eigenvalue weighted by atomic mass is 16.5. The van der Waals surface area contributed by atoms with E-state index in [0.717, 1.165) is 70.6 Å². The van der Waals surface area contributed by atoms with E-state index < -0.39 is 18.2 Å². The highest BCUT2D eigenvalue weighted by Crippen LogP contribution is 2.18. The summed E-state index contributed by atoms with van der Waals surface area (Å²) in [4.78, 5) is 26.2. The maximum Gasteiger partial charge on any atom is 0.306 e. The average molecular weight is 858 g/mol. The molecular weight excluding hydrogens is 755 g/mol. The number of aliphatic hydroxyl groups excluding tert-OH is 2. The van der Waals surface area contributed by atoms with Gasteiger partial charge in [-0.3, -0.25) is 9.59 Å². The summed E-state index contributed by atoms with van der Waals surface area (Å²) in [7, 11) is 0. The van der Waals surface area contributed by atoms with Gasteiger partial charge in [-0.15, -0.1) is 0 Å². The van der Waals surface area contributed by atoms with Crippen LogP contribution >= 0.6 is 0 Å². The lowest BCUT2D eigenvalue weighted by atomic mass is 10.0. The predicted molar refractivity (Wildman–Crippen MR) is 264 cm³/mol. The number of esters is 1. The molecule has 0 fully saturated rings. The molecule has 61 heavy (non-hydrogen) atoms. The van der Waals surface area contributed by atoms with Crippen LogP contribution in [-0.2, 0) is 14.3 Å². The Morgan fingerprint density at radius 3 is 1.26 bits per heavy atom. The van der Waals surface area contributed by atoms with Crippen molar-refractivity contribution < 1.29 is 24.5 Å². The lowest BCUT2D eigenvalue weighted by Crippen LogP contribution is -2.46. The second kappa shape index (κ2) is 49.1. The van der Waals surface area contributed by atoms with E-state index in [1.165, 1.54) is 161 Å². The van der Waals surface area contributed by atoms with Crippen molar-refractivity contribution in [2.45, 2.75) is 296 Å². The number of allylic oxidation sites excluding steroid dienone is 6. The molecule has 0 saturated heterocycles. The summed E-state index contributed by atoms with van der Waals surface area (Å²) in [6, 6.07) is -0.709. The zero-order valence-electron chi connectivity index (χ0n) is 40.8. The quantitative estimate of drug-likeness (QED) is 0.0322. The molecule has 6 heteroatoms. The van der Waals surface area contributed by atoms with E-state index in [2.05, 4.69) is 62.5 Å². The molecule has 0 aliphatic heterocycles. The number of amides is 1. The zero-order valence-corrected chi connectivity index (χ0v) is 40.8. The van der Waals surface area contributed by atoms with Crippen LogP contribution in [0.1, 0.15) is 278 Å². The van der Waals surface area contributed by atoms with Crippen molar-refractivity contribution in [2.24, 2.45) is 0 Å². The van der Waals surface area contributed by atoms with Gasteiger partial charge in [-0.05, 0) is 51.4 Å². The van der Waals surface area contributed by atoms with E-state index in [4.69, 9.17) is 4.74 Å². The molecule has 0 rings (SSSR count). The average Bonchev–Trinajstić information content (AvgIpc) is 3.25. The third-order valence-corrected chi connectivity index (χ3v) is 12.3. The Balaban J connectivity index is 4.61. The SMILES string of the molecule is CCCCCCC/C=C/C=C/C=C/CCCCCC(CC(=O)NC(CO)C(O)CCCCCCCCCCCC)OC(=O)CCCCCCCCCCCCCCCCCC. The van der Waals surface area contributed by atoms with E-state index in [1.807, 2.05) is 0 Å². The van der Waals surface area contributed by atoms with Gasteiger partial charge in [0.1, 0.15) is 6.10 Å². The lowest BCUT2D eigenvalue weighted by molar-refractivity contribution is -0.151. The second-order valence-electron chi connectivity index (χ2n) is 18.3. The Labute approximate surface area is 379 Å². The Hall–Kier alpha value is -1.92. The number of hydrogen-bond acceptors (Lipinski definition) is 5. The first-order chi connectivity index (χ1) is 30.0. The van der Waals surface area contributed by atoms with Crippen LogP contribution in [0.2, 0.25) is 0 Å². The normalized spacial score (nSPS) is 13.5. The van der Waals surface area contributed by atoms with Crippen LogP contribution in [0.4, 0.5) is 0 Å². The Bertz CT molecular complexity index is 1010. The van der Waals surface area contributed by atoms with Gasteiger partial charge in [-0.2, -0.15) is 0 Å². The van der Waals surface area contributed by atoms with Crippen LogP contribution in [0.5, 0.6) is 0 Å². The number of hydrogen-bond donors (Lipinski definition) is 3. The summed E-state index contributed by atoms with van der Waals surface area (Å²) in [5.41, 5.74) is 0. The first-order valence-electron chi connectivity index (χ1n) is 26.7. The van der Waals surface area contributed by atoms with Crippen LogP contribution in [0.25, 0.3) is 0 Å². The highest BCUT2D eigenvalue weighted by molar-refractivity contribution is 5.77. The minimum Gasteiger partial charge on any atom is -0.462 e. The Morgan fingerprint density at radius 1 is 0.475 bits per heavy atom. The maximum atomic E-state index is 13.2. The Morgan fingerprint density at radius 2 is 0.836 bits per heavy atom. The van der Waals surface area contributed by atoms with Crippen LogP contribution < -0.4 is 5.32 Å². The summed E-state index contributed by atoms with van der Waals surface area (Å²) in [5, 5.41) is 23.7. The highest BCUT2D eigenvalue weighted by Gasteiger charge is 2.24. The third kappa shape index (κ3) is 44.5. The molecule has 0 heterocycles. The molecule has 1 amide bonds. The summed E-state index contributed by atoms with van der Waals surface area (Å²) in [6.45, 7) is 6.46. The first-order valence-corrected chi connectivity index (χ1v) is 26.7. The molecule has 0 aromatic rings. The fraction of sp³-hybridized carbons (Fsp3) is 0.855. The van der Waals surface area contributed by atoms with Crippen LogP contribution in [-0.4, -0.2) is 46.9 Å². The molecule has 0 saturated carbocycles. The number of ether oxygens (including phenoxy) is 1. The van der Waals surface area contributed by atoms with Gasteiger partial charge in [-0.25, -0.2) is 0 Å². The number of rotatable bonds is 48. The van der Waals surface area contributed by atoms with Gasteiger partial charge >= 0.3 is 5.97 Å². The van der Waals surface area contributed by atoms with E-state index in [0.29, 0.717) is 19.3 Å². The van der Waals surface area contributed by atoms with Crippen LogP contribution in [0.3, 0.4) is 0 Å². The summed E-state index contributed by atoms with van der Waals surface area (Å²) in [5.74, 6) is -0.496. The molecule has 0 spiro atoms. The number of carbonyl (C=O) groups is 2. The number of unbranched alkanes of at least 4 members (excludes halogenated alkanes) is 32. The van der Waals surface area contributed by atoms with Gasteiger partial charge in [0.25, 0.3) is 0 Å². The van der Waals surface area contributed by atoms with E-state index in [-0.39, 0.29) is 24.9 Å². The Kier molecular flexibility index (Phi) is 47.6. The van der Waals surface area contributed by atoms with Gasteiger partial charge in [0.15, 0.2) is 0 Å². The number of aliphatic hydroxyl groups is 2. The molecule has 358 valence electrons. The van der Waals surface area contributed by atoms with Crippen molar-refractivity contribution in [3.8, 4) is 0 Å². The molecular formula is C55H103NO5. The molecule has 0 aromatic heterocycles. The van der Waals surface area contributed by atoms with Crippen molar-refractivity contribution in [1.82, 2.24) is 5.32 Å². The number of carbonyl (C=O) groups excluding carboxylic acids is 2. The van der Waals surface area contributed by atoms with Crippen LogP contribution in [0.15, 0.2) is 36.5 Å². The van der Waals surface area contributed by atoms with E-state index in [1.54, 1.807) is 0 Å². The lowest BCUT2D eigenvalue weighted by Gasteiger charge is -2.24. The maximum absolute atomic E-state index is 13.2. The van der Waals surface area contributed by atoms with Gasteiger partial charge in [0.2, 0.25) is 5.91 Å². The second-order valence-corrected chi connectivity index (χ2v) is 18.3. The van der Waals surface area contributed by atoms with E-state index >= 15 is 0 Å². The molecule has 6 nitrogen and oxygen atoms in total. The summed E-state index contributed by atoms with van der Waals surface area (Å²) < 4.78 is 5.93. The van der Waals surface area contributed by atoms with Crippen LogP contribution in [0, 0.1) is 0 Å². The monoisotopic (exact) mass is 858 g/mol. The third-order valence-electron chi connectivity index (χ3n) is 12.3. The van der Waals surface area contributed by atoms with Gasteiger partial charge in [0.05, 0.1) is 25.2 Å². The fourth-order valence-corrected chi connectivity index (χ4v) is 8.20. The smallest absolute Gasteiger partial charge is 0.306 e. The summed E-state index contributed by atoms with van der Waals surface area (Å²) in [6.07, 6.45) is 57.8. The fourth-order valence-electron chi connectivity index (χ4n) is 8.20. The van der Waals surface area contributed by atoms with E-state index in [9.17, 15) is 19.8 Å². The molecule has 3 N–H and O–H groups in total. The predicted octanol–water partition coefficient (Wildman–Crippen LogP) is 16.1. The molecule has 0 aliphatic rings. The molecule has 0 bridgehead atoms. The topological polar surface area (TPSA) is 95.9 Å². The van der Waals surface area contributed by atoms with Crippen molar-refractivity contribution in [3.05, 3.63) is 36.5 Å². The van der Waals surface area contributed by atoms with Crippen molar-refractivity contribution in [1.29, 1.82) is 0 Å². The summed E-state index contributed by atoms with van der Waals surface area (Å²) >= 11 is 0. The van der Waals surface area contributed by atoms with Crippen molar-refractivity contribution >= 4 is 11.9 Å². The number of nitrogens with one attached hydrogen (secondary N) is 1. The minimum absolute atomic E-state index is 0.0587. The largest absolute Gasteiger partial charge is 0.462 e. The zero-order chi connectivity index (χ0) is 44.5. The molecule has 0 aromatic carbocycles. The molecule has 3 atom stereocenters. The van der Waals surface area contributed by atoms with Gasteiger partial charge < -0.3 is 20.3 Å².